The van der Waals surface area contributed by atoms with E-state index < -0.39 is 0 Å². The van der Waals surface area contributed by atoms with Gasteiger partial charge in [0.1, 0.15) is 22.4 Å². The van der Waals surface area contributed by atoms with E-state index in [0.29, 0.717) is 0 Å². The number of halogens is 1. The number of nitrogens with one attached hydrogen (secondary N) is 1. The van der Waals surface area contributed by atoms with Gasteiger partial charge >= 0.3 is 0 Å². The molecule has 0 radical (unpaired) electrons. The first-order valence-electron chi connectivity index (χ1n) is 5.15. The fraction of sp³-hybridized carbons (Fsp3) is 0.600. The lowest BCUT2D eigenvalue weighted by Crippen LogP contribution is -2.22. The van der Waals surface area contributed by atoms with Crippen molar-refractivity contribution in [3.8, 4) is 0 Å². The van der Waals surface area contributed by atoms with Crippen molar-refractivity contribution < 1.29 is 0 Å². The van der Waals surface area contributed by atoms with Crippen molar-refractivity contribution >= 4 is 39.3 Å². The molecule has 0 aliphatic heterocycles. The number of rotatable bonds is 6. The quantitative estimate of drug-likeness (QED) is 0.874. The predicted molar refractivity (Wildman–Crippen MR) is 75.5 cm³/mol. The number of nitrogens with zero attached hydrogens (tertiary/aromatic N) is 3. The Labute approximate surface area is 109 Å². The summed E-state index contributed by atoms with van der Waals surface area (Å²) in [5.74, 6) is 2.87. The second kappa shape index (κ2) is 6.96. The number of hydrogen-bond donors (Lipinski definition) is 1. The molecule has 0 spiro atoms. The van der Waals surface area contributed by atoms with Crippen molar-refractivity contribution in [2.75, 3.05) is 42.4 Å². The summed E-state index contributed by atoms with van der Waals surface area (Å²) in [4.78, 5) is 10.6. The van der Waals surface area contributed by atoms with E-state index in [4.69, 9.17) is 0 Å². The van der Waals surface area contributed by atoms with E-state index in [9.17, 15) is 0 Å². The third-order valence-electron chi connectivity index (χ3n) is 2.11. The average Bonchev–Trinajstić information content (AvgIpc) is 2.29. The number of anilines is 2. The molecule has 0 bridgehead atoms. The minimum atomic E-state index is 0.850. The van der Waals surface area contributed by atoms with Crippen molar-refractivity contribution in [2.24, 2.45) is 0 Å². The third kappa shape index (κ3) is 3.52. The molecule has 1 rings (SSSR count). The summed E-state index contributed by atoms with van der Waals surface area (Å²) in [5, 5.41) is 3.20. The Balaban J connectivity index is 2.82. The van der Waals surface area contributed by atoms with E-state index in [-0.39, 0.29) is 0 Å². The van der Waals surface area contributed by atoms with E-state index in [2.05, 4.69) is 42.4 Å². The van der Waals surface area contributed by atoms with Crippen LogP contribution in [-0.4, -0.2) is 42.1 Å². The van der Waals surface area contributed by atoms with Crippen LogP contribution in [0.4, 0.5) is 11.6 Å². The maximum Gasteiger partial charge on any atom is 0.148 e. The fourth-order valence-electron chi connectivity index (χ4n) is 1.25. The van der Waals surface area contributed by atoms with Gasteiger partial charge in [0.05, 0.1) is 0 Å². The lowest BCUT2D eigenvalue weighted by atomic mass is 10.4. The second-order valence-electron chi connectivity index (χ2n) is 3.30. The normalized spacial score (nSPS) is 10.2. The Hall–Kier alpha value is -0.490. The van der Waals surface area contributed by atoms with Gasteiger partial charge in [-0.1, -0.05) is 0 Å². The van der Waals surface area contributed by atoms with Crippen molar-refractivity contribution in [3.05, 3.63) is 10.8 Å². The van der Waals surface area contributed by atoms with E-state index in [0.717, 1.165) is 35.0 Å². The van der Waals surface area contributed by atoms with Gasteiger partial charge < -0.3 is 10.2 Å². The molecule has 1 aromatic rings. The third-order valence-corrected chi connectivity index (χ3v) is 3.43. The maximum atomic E-state index is 4.29. The zero-order valence-electron chi connectivity index (χ0n) is 9.83. The van der Waals surface area contributed by atoms with Gasteiger partial charge in [0, 0.05) is 25.9 Å². The minimum absolute atomic E-state index is 0.850. The van der Waals surface area contributed by atoms with E-state index in [1.165, 1.54) is 0 Å². The van der Waals surface area contributed by atoms with Gasteiger partial charge in [0.2, 0.25) is 0 Å². The second-order valence-corrected chi connectivity index (χ2v) is 5.08. The van der Waals surface area contributed by atoms with E-state index in [1.54, 1.807) is 6.33 Å². The lowest BCUT2D eigenvalue weighted by Gasteiger charge is -2.19. The summed E-state index contributed by atoms with van der Waals surface area (Å²) in [7, 11) is 2.04. The van der Waals surface area contributed by atoms with Gasteiger partial charge in [-0.25, -0.2) is 9.97 Å². The van der Waals surface area contributed by atoms with Crippen LogP contribution in [-0.2, 0) is 0 Å². The highest BCUT2D eigenvalue weighted by Gasteiger charge is 2.11. The summed E-state index contributed by atoms with van der Waals surface area (Å²) in [6, 6.07) is 0. The molecule has 1 N–H and O–H groups in total. The van der Waals surface area contributed by atoms with Gasteiger partial charge in [-0.2, -0.15) is 11.8 Å². The van der Waals surface area contributed by atoms with Gasteiger partial charge in [0.25, 0.3) is 0 Å². The minimum Gasteiger partial charge on any atom is -0.369 e. The highest BCUT2D eigenvalue weighted by molar-refractivity contribution is 9.10. The van der Waals surface area contributed by atoms with Crippen LogP contribution in [0.2, 0.25) is 0 Å². The monoisotopic (exact) mass is 304 g/mol. The molecule has 0 aliphatic rings. The molecule has 6 heteroatoms. The summed E-state index contributed by atoms with van der Waals surface area (Å²) in [6.45, 7) is 3.87. The Kier molecular flexibility index (Phi) is 5.90. The van der Waals surface area contributed by atoms with Crippen LogP contribution in [0, 0.1) is 0 Å². The highest BCUT2D eigenvalue weighted by Crippen LogP contribution is 2.28. The molecule has 0 fully saturated rings. The predicted octanol–water partition coefficient (Wildman–Crippen LogP) is 2.47. The van der Waals surface area contributed by atoms with Crippen LogP contribution >= 0.6 is 27.7 Å². The number of hydrogen-bond acceptors (Lipinski definition) is 5. The molecule has 0 amide bonds. The van der Waals surface area contributed by atoms with Crippen LogP contribution < -0.4 is 10.2 Å². The van der Waals surface area contributed by atoms with Crippen LogP contribution in [0.5, 0.6) is 0 Å². The highest BCUT2D eigenvalue weighted by atomic mass is 79.9. The van der Waals surface area contributed by atoms with Gasteiger partial charge in [-0.05, 0) is 29.1 Å². The Bertz CT molecular complexity index is 335. The fourth-order valence-corrected chi connectivity index (χ4v) is 2.36. The molecule has 1 heterocycles. The molecular weight excluding hydrogens is 288 g/mol. The van der Waals surface area contributed by atoms with Crippen molar-refractivity contribution in [2.45, 2.75) is 6.92 Å². The molecule has 0 aromatic carbocycles. The Morgan fingerprint density at radius 1 is 1.50 bits per heavy atom. The molecule has 0 aliphatic carbocycles. The molecule has 0 atom stereocenters. The SMILES string of the molecule is CCNc1ncnc(N(C)CCSC)c1Br. The van der Waals surface area contributed by atoms with Gasteiger partial charge in [-0.15, -0.1) is 0 Å². The summed E-state index contributed by atoms with van der Waals surface area (Å²) < 4.78 is 0.931. The number of aromatic nitrogens is 2. The molecule has 16 heavy (non-hydrogen) atoms. The molecule has 1 aromatic heterocycles. The molecule has 0 saturated carbocycles. The van der Waals surface area contributed by atoms with Crippen LogP contribution in [0.3, 0.4) is 0 Å². The van der Waals surface area contributed by atoms with E-state index >= 15 is 0 Å². The molecule has 90 valence electrons. The first-order chi connectivity index (χ1) is 7.70. The molecular formula is C10H17BrN4S. The van der Waals surface area contributed by atoms with Crippen LogP contribution in [0.15, 0.2) is 10.8 Å². The van der Waals surface area contributed by atoms with E-state index in [1.807, 2.05) is 25.7 Å². The zero-order valence-corrected chi connectivity index (χ0v) is 12.2. The summed E-state index contributed by atoms with van der Waals surface area (Å²) in [6.07, 6.45) is 3.70. The largest absolute Gasteiger partial charge is 0.369 e. The topological polar surface area (TPSA) is 41.1 Å². The standard InChI is InChI=1S/C10H17BrN4S/c1-4-12-9-8(11)10(14-7-13-9)15(2)5-6-16-3/h7H,4-6H2,1-3H3,(H,12,13,14). The summed E-state index contributed by atoms with van der Waals surface area (Å²) in [5.41, 5.74) is 0. The molecule has 4 nitrogen and oxygen atoms in total. The Morgan fingerprint density at radius 2 is 2.25 bits per heavy atom. The lowest BCUT2D eigenvalue weighted by molar-refractivity contribution is 0.929. The first kappa shape index (κ1) is 13.6. The molecule has 0 saturated heterocycles. The summed E-state index contributed by atoms with van der Waals surface area (Å²) >= 11 is 5.37. The maximum absolute atomic E-state index is 4.29. The van der Waals surface area contributed by atoms with Crippen molar-refractivity contribution in [3.63, 3.8) is 0 Å². The van der Waals surface area contributed by atoms with Crippen molar-refractivity contribution in [1.82, 2.24) is 9.97 Å². The first-order valence-corrected chi connectivity index (χ1v) is 7.33. The zero-order chi connectivity index (χ0) is 12.0. The smallest absolute Gasteiger partial charge is 0.148 e. The Morgan fingerprint density at radius 3 is 2.88 bits per heavy atom. The van der Waals surface area contributed by atoms with Crippen LogP contribution in [0.25, 0.3) is 0 Å². The van der Waals surface area contributed by atoms with Gasteiger partial charge in [-0.3, -0.25) is 0 Å². The van der Waals surface area contributed by atoms with Gasteiger partial charge in [0.15, 0.2) is 0 Å². The average molecular weight is 305 g/mol. The van der Waals surface area contributed by atoms with Crippen molar-refractivity contribution in [1.29, 1.82) is 0 Å². The van der Waals surface area contributed by atoms with Crippen LogP contribution in [0.1, 0.15) is 6.92 Å². The number of thioether (sulfide) groups is 1. The molecule has 0 unspecified atom stereocenters.